The molecule has 1 fully saturated rings. The zero-order valence-corrected chi connectivity index (χ0v) is 20.0. The lowest BCUT2D eigenvalue weighted by atomic mass is 9.73. The summed E-state index contributed by atoms with van der Waals surface area (Å²) in [5.41, 5.74) is 15.2. The third kappa shape index (κ3) is 3.70. The molecule has 1 saturated heterocycles. The number of hydrogen-bond acceptors (Lipinski definition) is 7. The second kappa shape index (κ2) is 8.34. The number of amidine groups is 2. The van der Waals surface area contributed by atoms with Gasteiger partial charge < -0.3 is 21.5 Å². The molecule has 1 unspecified atom stereocenters. The molecule has 1 aliphatic carbocycles. The molecule has 33 heavy (non-hydrogen) atoms. The van der Waals surface area contributed by atoms with Crippen LogP contribution in [0.5, 0.6) is 0 Å². The number of likely N-dealkylation sites (tertiary alicyclic amines) is 1. The predicted octanol–water partition coefficient (Wildman–Crippen LogP) is 4.54. The van der Waals surface area contributed by atoms with Crippen molar-refractivity contribution < 1.29 is 5.11 Å². The molecule has 0 bridgehead atoms. The number of aliphatic hydroxyl groups is 1. The minimum atomic E-state index is -0.317. The monoisotopic (exact) mass is 482 g/mol. The zero-order valence-electron chi connectivity index (χ0n) is 18.4. The van der Waals surface area contributed by atoms with E-state index in [9.17, 15) is 5.11 Å². The number of anilines is 1. The molecule has 1 spiro atoms. The van der Waals surface area contributed by atoms with Crippen molar-refractivity contribution in [2.45, 2.75) is 37.1 Å². The van der Waals surface area contributed by atoms with Crippen molar-refractivity contribution in [2.24, 2.45) is 22.1 Å². The number of pyridine rings is 1. The number of halogens is 1. The second-order valence-corrected chi connectivity index (χ2v) is 10.5. The van der Waals surface area contributed by atoms with E-state index in [1.54, 1.807) is 12.3 Å². The van der Waals surface area contributed by atoms with Gasteiger partial charge in [0, 0.05) is 30.2 Å². The number of benzene rings is 1. The predicted molar refractivity (Wildman–Crippen MR) is 134 cm³/mol. The normalized spacial score (nSPS) is 24.3. The zero-order chi connectivity index (χ0) is 23.3. The Labute approximate surface area is 202 Å². The molecule has 2 atom stereocenters. The minimum Gasteiger partial charge on any atom is -0.510 e. The molecule has 2 aromatic rings. The Hall–Kier alpha value is -2.55. The molecule has 5 rings (SSSR count). The molecule has 3 heterocycles. The van der Waals surface area contributed by atoms with Gasteiger partial charge in [-0.25, -0.2) is 9.98 Å². The molecule has 0 saturated carbocycles. The van der Waals surface area contributed by atoms with Crippen LogP contribution in [0, 0.1) is 16.7 Å². The number of rotatable bonds is 2. The first-order valence-electron chi connectivity index (χ1n) is 11.1. The SMILES string of the molecule is C[C@H]1C(N2CCC3(CC2)Cc2ccccc2C3N)=NC(=N)C(Sc2ccnc(N)c2Cl)=C1O. The number of aromatic nitrogens is 1. The van der Waals surface area contributed by atoms with Crippen molar-refractivity contribution >= 4 is 40.9 Å². The smallest absolute Gasteiger partial charge is 0.164 e. The van der Waals surface area contributed by atoms with Crippen molar-refractivity contribution in [1.82, 2.24) is 9.88 Å². The number of nitrogens with one attached hydrogen (secondary N) is 1. The summed E-state index contributed by atoms with van der Waals surface area (Å²) < 4.78 is 0. The van der Waals surface area contributed by atoms with Crippen LogP contribution in [-0.2, 0) is 6.42 Å². The number of piperidine rings is 1. The summed E-state index contributed by atoms with van der Waals surface area (Å²) in [5.74, 6) is 0.800. The fraction of sp³-hybridized carbons (Fsp3) is 0.375. The van der Waals surface area contributed by atoms with Gasteiger partial charge in [0.2, 0.25) is 0 Å². The average Bonchev–Trinajstić information content (AvgIpc) is 3.08. The van der Waals surface area contributed by atoms with Crippen LogP contribution in [-0.4, -0.2) is 39.8 Å². The van der Waals surface area contributed by atoms with Crippen LogP contribution in [0.15, 0.2) is 57.1 Å². The fourth-order valence-electron chi connectivity index (χ4n) is 5.26. The third-order valence-electron chi connectivity index (χ3n) is 7.24. The van der Waals surface area contributed by atoms with Gasteiger partial charge in [0.15, 0.2) is 5.84 Å². The highest BCUT2D eigenvalue weighted by Gasteiger charge is 2.46. The number of nitrogens with zero attached hydrogens (tertiary/aromatic N) is 3. The highest BCUT2D eigenvalue weighted by Crippen LogP contribution is 2.51. The van der Waals surface area contributed by atoms with Crippen LogP contribution in [0.2, 0.25) is 5.02 Å². The summed E-state index contributed by atoms with van der Waals surface area (Å²) in [7, 11) is 0. The number of thioether (sulfide) groups is 1. The molecule has 0 radical (unpaired) electrons. The molecule has 9 heteroatoms. The van der Waals surface area contributed by atoms with E-state index in [0.717, 1.165) is 38.2 Å². The largest absolute Gasteiger partial charge is 0.510 e. The van der Waals surface area contributed by atoms with Crippen LogP contribution >= 0.6 is 23.4 Å². The Balaban J connectivity index is 1.32. The highest BCUT2D eigenvalue weighted by molar-refractivity contribution is 8.04. The van der Waals surface area contributed by atoms with Gasteiger partial charge in [-0.05, 0) is 48.8 Å². The molecule has 7 nitrogen and oxygen atoms in total. The van der Waals surface area contributed by atoms with E-state index in [4.69, 9.17) is 28.5 Å². The summed E-state index contributed by atoms with van der Waals surface area (Å²) in [6, 6.07) is 10.3. The van der Waals surface area contributed by atoms with E-state index in [1.165, 1.54) is 22.9 Å². The molecule has 3 aliphatic rings. The standard InChI is InChI=1S/C24H27ClN6OS/c1-13-18(32)19(33-16-6-9-29-21(27)17(16)25)22(28)30-23(13)31-10-7-24(8-11-31)12-14-4-2-3-5-15(14)20(24)26/h2-6,9,13,20,28,32H,7-8,10-12,26H2,1H3,(H2,27,29)/t13-,20?/m1/s1. The summed E-state index contributed by atoms with van der Waals surface area (Å²) in [5, 5.41) is 19.8. The van der Waals surface area contributed by atoms with Gasteiger partial charge in [-0.2, -0.15) is 0 Å². The first kappa shape index (κ1) is 22.3. The van der Waals surface area contributed by atoms with E-state index in [-0.39, 0.29) is 34.8 Å². The van der Waals surface area contributed by atoms with Gasteiger partial charge in [-0.3, -0.25) is 5.41 Å². The van der Waals surface area contributed by atoms with Gasteiger partial charge in [-0.1, -0.05) is 47.6 Å². The maximum absolute atomic E-state index is 11.0. The number of nitrogen functional groups attached to an aromatic ring is 1. The molecule has 6 N–H and O–H groups in total. The maximum Gasteiger partial charge on any atom is 0.164 e. The molecule has 2 aliphatic heterocycles. The molecular weight excluding hydrogens is 456 g/mol. The summed E-state index contributed by atoms with van der Waals surface area (Å²) >= 11 is 7.46. The number of dihydropyridines is 1. The van der Waals surface area contributed by atoms with Gasteiger partial charge >= 0.3 is 0 Å². The van der Waals surface area contributed by atoms with E-state index in [2.05, 4.69) is 39.1 Å². The summed E-state index contributed by atoms with van der Waals surface area (Å²) in [6.45, 7) is 3.53. The van der Waals surface area contributed by atoms with Crippen molar-refractivity contribution in [2.75, 3.05) is 18.8 Å². The Bertz CT molecular complexity index is 1190. The minimum absolute atomic E-state index is 0.0299. The van der Waals surface area contributed by atoms with Crippen LogP contribution in [0.25, 0.3) is 0 Å². The van der Waals surface area contributed by atoms with E-state index >= 15 is 0 Å². The molecule has 1 aromatic carbocycles. The van der Waals surface area contributed by atoms with Crippen molar-refractivity contribution in [3.63, 3.8) is 0 Å². The van der Waals surface area contributed by atoms with Crippen LogP contribution in [0.4, 0.5) is 5.82 Å². The first-order valence-corrected chi connectivity index (χ1v) is 12.3. The highest BCUT2D eigenvalue weighted by atomic mass is 35.5. The lowest BCUT2D eigenvalue weighted by Gasteiger charge is -2.44. The number of aliphatic imine (C=N–C) groups is 1. The fourth-order valence-corrected chi connectivity index (χ4v) is 6.46. The Morgan fingerprint density at radius 3 is 2.70 bits per heavy atom. The molecule has 172 valence electrons. The number of aliphatic hydroxyl groups excluding tert-OH is 1. The van der Waals surface area contributed by atoms with E-state index in [0.29, 0.717) is 14.8 Å². The van der Waals surface area contributed by atoms with Gasteiger partial charge in [-0.15, -0.1) is 0 Å². The van der Waals surface area contributed by atoms with Crippen molar-refractivity contribution in [1.29, 1.82) is 5.41 Å². The van der Waals surface area contributed by atoms with E-state index in [1.807, 2.05) is 6.92 Å². The Kier molecular flexibility index (Phi) is 5.63. The number of fused-ring (bicyclic) bond motifs is 1. The topological polar surface area (TPSA) is 125 Å². The number of nitrogens with two attached hydrogens (primary N) is 2. The first-order chi connectivity index (χ1) is 15.8. The van der Waals surface area contributed by atoms with Crippen LogP contribution in [0.3, 0.4) is 0 Å². The lowest BCUT2D eigenvalue weighted by Crippen LogP contribution is -2.49. The number of hydrogen-bond donors (Lipinski definition) is 4. The summed E-state index contributed by atoms with van der Waals surface area (Å²) in [4.78, 5) is 11.8. The van der Waals surface area contributed by atoms with Crippen LogP contribution < -0.4 is 11.5 Å². The van der Waals surface area contributed by atoms with Gasteiger partial charge in [0.25, 0.3) is 0 Å². The van der Waals surface area contributed by atoms with Gasteiger partial charge in [0.05, 0.1) is 15.8 Å². The average molecular weight is 483 g/mol. The molecule has 0 amide bonds. The van der Waals surface area contributed by atoms with Crippen molar-refractivity contribution in [3.05, 3.63) is 63.3 Å². The van der Waals surface area contributed by atoms with Crippen molar-refractivity contribution in [3.8, 4) is 0 Å². The third-order valence-corrected chi connectivity index (χ3v) is 8.92. The lowest BCUT2D eigenvalue weighted by molar-refractivity contribution is 0.124. The Morgan fingerprint density at radius 1 is 1.24 bits per heavy atom. The maximum atomic E-state index is 11.0. The molecule has 1 aromatic heterocycles. The summed E-state index contributed by atoms with van der Waals surface area (Å²) in [6.07, 6.45) is 4.49. The van der Waals surface area contributed by atoms with Crippen LogP contribution in [0.1, 0.15) is 36.9 Å². The Morgan fingerprint density at radius 2 is 1.97 bits per heavy atom. The van der Waals surface area contributed by atoms with Gasteiger partial charge in [0.1, 0.15) is 17.4 Å². The van der Waals surface area contributed by atoms with E-state index < -0.39 is 0 Å². The quantitative estimate of drug-likeness (QED) is 0.498. The second-order valence-electron chi connectivity index (χ2n) is 9.07. The molecular formula is C24H27ClN6OS.